The number of halogens is 1. The molecule has 1 atom stereocenters. The van der Waals surface area contributed by atoms with Gasteiger partial charge >= 0.3 is 0 Å². The Morgan fingerprint density at radius 2 is 2.10 bits per heavy atom. The first kappa shape index (κ1) is 18.9. The van der Waals surface area contributed by atoms with Gasteiger partial charge in [0.05, 0.1) is 23.8 Å². The number of hydrogen-bond acceptors (Lipinski definition) is 6. The lowest BCUT2D eigenvalue weighted by atomic mass is 10.1. The lowest BCUT2D eigenvalue weighted by molar-refractivity contribution is 0.102. The van der Waals surface area contributed by atoms with Crippen LogP contribution < -0.4 is 15.5 Å². The molecule has 2 fully saturated rings. The monoisotopic (exact) mass is 409 g/mol. The Bertz CT molecular complexity index is 1080. The topological polar surface area (TPSA) is 87.5 Å². The average molecular weight is 409 g/mol. The summed E-state index contributed by atoms with van der Waals surface area (Å²) in [6, 6.07) is 1.98. The SMILES string of the molecule is Cc1cn2cc(NC(=O)c3cnc(N4CC[C@H](CNC5CC5)C4)cn3)cc(F)c2n1. The molecule has 3 aromatic rings. The number of aromatic nitrogens is 4. The van der Waals surface area contributed by atoms with Gasteiger partial charge in [-0.05, 0) is 38.6 Å². The summed E-state index contributed by atoms with van der Waals surface area (Å²) in [7, 11) is 0. The average Bonchev–Trinajstić information content (AvgIpc) is 3.30. The van der Waals surface area contributed by atoms with Crippen molar-refractivity contribution in [3.05, 3.63) is 48.1 Å². The van der Waals surface area contributed by atoms with Gasteiger partial charge in [-0.2, -0.15) is 0 Å². The molecule has 5 rings (SSSR count). The van der Waals surface area contributed by atoms with E-state index in [2.05, 4.69) is 30.5 Å². The summed E-state index contributed by atoms with van der Waals surface area (Å²) in [4.78, 5) is 27.5. The van der Waals surface area contributed by atoms with Crippen molar-refractivity contribution in [3.8, 4) is 0 Å². The number of carbonyl (C=O) groups excluding carboxylic acids is 1. The minimum absolute atomic E-state index is 0.187. The van der Waals surface area contributed by atoms with Gasteiger partial charge in [-0.25, -0.2) is 19.3 Å². The molecule has 9 heteroatoms. The second-order valence-corrected chi connectivity index (χ2v) is 8.19. The Labute approximate surface area is 173 Å². The fourth-order valence-corrected chi connectivity index (χ4v) is 3.87. The standard InChI is InChI=1S/C21H24FN7O/c1-13-10-29-12-16(6-17(22)20(29)26-13)27-21(30)18-8-25-19(9-24-18)28-5-4-14(11-28)7-23-15-2-3-15/h6,8-10,12,14-15,23H,2-5,7,11H2,1H3,(H,27,30)/t14-/m1/s1. The van der Waals surface area contributed by atoms with Crippen molar-refractivity contribution < 1.29 is 9.18 Å². The summed E-state index contributed by atoms with van der Waals surface area (Å²) in [5.41, 5.74) is 1.45. The van der Waals surface area contributed by atoms with E-state index >= 15 is 0 Å². The fourth-order valence-electron chi connectivity index (χ4n) is 3.87. The molecule has 3 aromatic heterocycles. The summed E-state index contributed by atoms with van der Waals surface area (Å²) in [6.07, 6.45) is 10.2. The molecule has 30 heavy (non-hydrogen) atoms. The minimum Gasteiger partial charge on any atom is -0.355 e. The van der Waals surface area contributed by atoms with Crippen LogP contribution in [-0.2, 0) is 0 Å². The van der Waals surface area contributed by atoms with Gasteiger partial charge in [0.15, 0.2) is 11.5 Å². The number of aryl methyl sites for hydroxylation is 1. The summed E-state index contributed by atoms with van der Waals surface area (Å²) >= 11 is 0. The Balaban J connectivity index is 1.22. The highest BCUT2D eigenvalue weighted by atomic mass is 19.1. The van der Waals surface area contributed by atoms with E-state index in [1.54, 1.807) is 29.9 Å². The van der Waals surface area contributed by atoms with E-state index in [1.165, 1.54) is 25.1 Å². The smallest absolute Gasteiger partial charge is 0.275 e. The number of hydrogen-bond donors (Lipinski definition) is 2. The molecule has 1 aliphatic carbocycles. The van der Waals surface area contributed by atoms with Gasteiger partial charge in [0.2, 0.25) is 0 Å². The van der Waals surface area contributed by atoms with Crippen molar-refractivity contribution in [2.24, 2.45) is 5.92 Å². The lowest BCUT2D eigenvalue weighted by Crippen LogP contribution is -2.28. The van der Waals surface area contributed by atoms with Crippen molar-refractivity contribution in [3.63, 3.8) is 0 Å². The second-order valence-electron chi connectivity index (χ2n) is 8.19. The highest BCUT2D eigenvalue weighted by Crippen LogP contribution is 2.24. The molecule has 2 aliphatic rings. The second kappa shape index (κ2) is 7.64. The third kappa shape index (κ3) is 3.97. The molecule has 1 amide bonds. The number of pyridine rings is 1. The molecule has 4 heterocycles. The molecule has 8 nitrogen and oxygen atoms in total. The van der Waals surface area contributed by atoms with Crippen molar-refractivity contribution >= 4 is 23.1 Å². The van der Waals surface area contributed by atoms with Crippen molar-refractivity contribution in [2.45, 2.75) is 32.2 Å². The molecule has 2 N–H and O–H groups in total. The number of nitrogens with zero attached hydrogens (tertiary/aromatic N) is 5. The zero-order valence-electron chi connectivity index (χ0n) is 16.8. The molecular formula is C21H24FN7O. The van der Waals surface area contributed by atoms with Crippen LogP contribution in [0.5, 0.6) is 0 Å². The van der Waals surface area contributed by atoms with Crippen LogP contribution in [0.4, 0.5) is 15.9 Å². The maximum absolute atomic E-state index is 14.2. The van der Waals surface area contributed by atoms with Crippen LogP contribution in [-0.4, -0.2) is 50.9 Å². The minimum atomic E-state index is -0.498. The van der Waals surface area contributed by atoms with Gasteiger partial charge in [0, 0.05) is 37.6 Å². The van der Waals surface area contributed by atoms with Crippen LogP contribution in [0.25, 0.3) is 5.65 Å². The van der Waals surface area contributed by atoms with Crippen LogP contribution in [0.1, 0.15) is 35.4 Å². The van der Waals surface area contributed by atoms with E-state index in [0.717, 1.165) is 37.9 Å². The molecule has 0 spiro atoms. The molecular weight excluding hydrogens is 385 g/mol. The van der Waals surface area contributed by atoms with E-state index in [1.807, 2.05) is 0 Å². The number of amides is 1. The summed E-state index contributed by atoms with van der Waals surface area (Å²) < 4.78 is 15.8. The van der Waals surface area contributed by atoms with Gasteiger partial charge in [-0.15, -0.1) is 0 Å². The van der Waals surface area contributed by atoms with E-state index < -0.39 is 11.7 Å². The largest absolute Gasteiger partial charge is 0.355 e. The number of rotatable bonds is 6. The van der Waals surface area contributed by atoms with Gasteiger partial charge in [0.25, 0.3) is 5.91 Å². The van der Waals surface area contributed by atoms with E-state index in [4.69, 9.17) is 0 Å². The Kier molecular flexibility index (Phi) is 4.82. The van der Waals surface area contributed by atoms with E-state index in [9.17, 15) is 9.18 Å². The Morgan fingerprint density at radius 1 is 1.23 bits per heavy atom. The molecule has 1 saturated heterocycles. The lowest BCUT2D eigenvalue weighted by Gasteiger charge is -2.17. The number of imidazole rings is 1. The van der Waals surface area contributed by atoms with Crippen LogP contribution >= 0.6 is 0 Å². The molecule has 0 bridgehead atoms. The normalized spacial score (nSPS) is 18.9. The third-order valence-electron chi connectivity index (χ3n) is 5.64. The van der Waals surface area contributed by atoms with Crippen LogP contribution in [0.15, 0.2) is 30.9 Å². The maximum Gasteiger partial charge on any atom is 0.275 e. The van der Waals surface area contributed by atoms with Gasteiger partial charge in [-0.1, -0.05) is 0 Å². The van der Waals surface area contributed by atoms with Crippen LogP contribution in [0.3, 0.4) is 0 Å². The molecule has 0 radical (unpaired) electrons. The van der Waals surface area contributed by atoms with Crippen LogP contribution in [0, 0.1) is 18.7 Å². The zero-order valence-corrected chi connectivity index (χ0v) is 16.8. The first-order valence-corrected chi connectivity index (χ1v) is 10.3. The van der Waals surface area contributed by atoms with Crippen LogP contribution in [0.2, 0.25) is 0 Å². The number of nitrogens with one attached hydrogen (secondary N) is 2. The molecule has 1 aliphatic heterocycles. The highest BCUT2D eigenvalue weighted by Gasteiger charge is 2.27. The van der Waals surface area contributed by atoms with E-state index in [-0.39, 0.29) is 11.3 Å². The molecule has 1 saturated carbocycles. The Hall–Kier alpha value is -3.07. The number of anilines is 2. The van der Waals surface area contributed by atoms with Crippen molar-refractivity contribution in [1.82, 2.24) is 24.7 Å². The van der Waals surface area contributed by atoms with E-state index in [0.29, 0.717) is 17.3 Å². The van der Waals surface area contributed by atoms with Gasteiger partial charge in [-0.3, -0.25) is 4.79 Å². The summed E-state index contributed by atoms with van der Waals surface area (Å²) in [5.74, 6) is 0.466. The fraction of sp³-hybridized carbons (Fsp3) is 0.429. The molecule has 156 valence electrons. The first-order valence-electron chi connectivity index (χ1n) is 10.3. The van der Waals surface area contributed by atoms with Crippen molar-refractivity contribution in [1.29, 1.82) is 0 Å². The maximum atomic E-state index is 14.2. The predicted molar refractivity (Wildman–Crippen MR) is 111 cm³/mol. The summed E-state index contributed by atoms with van der Waals surface area (Å²) in [5, 5.41) is 6.26. The van der Waals surface area contributed by atoms with Gasteiger partial charge in [0.1, 0.15) is 11.5 Å². The molecule has 0 aromatic carbocycles. The third-order valence-corrected chi connectivity index (χ3v) is 5.64. The summed E-state index contributed by atoms with van der Waals surface area (Å²) in [6.45, 7) is 4.73. The molecule has 0 unspecified atom stereocenters. The number of fused-ring (bicyclic) bond motifs is 1. The first-order chi connectivity index (χ1) is 14.5. The predicted octanol–water partition coefficient (Wildman–Crippen LogP) is 2.40. The quantitative estimate of drug-likeness (QED) is 0.650. The zero-order chi connectivity index (χ0) is 20.7. The Morgan fingerprint density at radius 3 is 2.87 bits per heavy atom. The highest BCUT2D eigenvalue weighted by molar-refractivity contribution is 6.02. The van der Waals surface area contributed by atoms with Gasteiger partial charge < -0.3 is 19.9 Å². The number of carbonyl (C=O) groups is 1. The van der Waals surface area contributed by atoms with Crippen molar-refractivity contribution in [2.75, 3.05) is 29.9 Å².